The van der Waals surface area contributed by atoms with Crippen molar-refractivity contribution in [2.24, 2.45) is 0 Å². The van der Waals surface area contributed by atoms with E-state index in [0.29, 0.717) is 16.0 Å². The number of carbonyl (C=O) groups is 2. The molecule has 1 aromatic carbocycles. The molecular weight excluding hydrogens is 422 g/mol. The highest BCUT2D eigenvalue weighted by molar-refractivity contribution is 7.99. The number of benzene rings is 1. The lowest BCUT2D eigenvalue weighted by molar-refractivity contribution is -0.139. The van der Waals surface area contributed by atoms with Crippen LogP contribution in [0.15, 0.2) is 29.4 Å². The number of aromatic nitrogens is 4. The van der Waals surface area contributed by atoms with Gasteiger partial charge in [0.15, 0.2) is 5.13 Å². The Morgan fingerprint density at radius 3 is 2.83 bits per heavy atom. The fourth-order valence-electron chi connectivity index (χ4n) is 3.25. The Morgan fingerprint density at radius 2 is 2.03 bits per heavy atom. The minimum absolute atomic E-state index is 0.132. The van der Waals surface area contributed by atoms with Crippen LogP contribution in [0.2, 0.25) is 0 Å². The van der Waals surface area contributed by atoms with Crippen LogP contribution in [-0.2, 0) is 20.7 Å². The molecule has 4 rings (SSSR count). The molecule has 154 valence electrons. The summed E-state index contributed by atoms with van der Waals surface area (Å²) in [7, 11) is 1.34. The van der Waals surface area contributed by atoms with Gasteiger partial charge in [-0.1, -0.05) is 43.0 Å². The molecule has 0 bridgehead atoms. The third-order valence-corrected chi connectivity index (χ3v) is 6.70. The number of carbonyl (C=O) groups excluding carboxylic acids is 2. The van der Waals surface area contributed by atoms with Crippen molar-refractivity contribution in [3.8, 4) is 11.3 Å². The first-order chi connectivity index (χ1) is 14.5. The normalized spacial score (nSPS) is 14.2. The molecule has 1 aliphatic rings. The Hall–Kier alpha value is -2.85. The van der Waals surface area contributed by atoms with Gasteiger partial charge in [-0.25, -0.2) is 9.97 Å². The summed E-state index contributed by atoms with van der Waals surface area (Å²) < 4.78 is 4.68. The molecule has 1 N–H and O–H groups in total. The molecule has 0 fully saturated rings. The quantitative estimate of drug-likeness (QED) is 0.459. The molecule has 1 aliphatic carbocycles. The number of nitrogens with one attached hydrogen (secondary N) is 1. The first kappa shape index (κ1) is 20.4. The molecule has 0 saturated heterocycles. The van der Waals surface area contributed by atoms with Gasteiger partial charge in [-0.15, -0.1) is 21.5 Å². The summed E-state index contributed by atoms with van der Waals surface area (Å²) in [6.07, 6.45) is 0.139. The van der Waals surface area contributed by atoms with E-state index in [-0.39, 0.29) is 30.0 Å². The number of hydrogen-bond donors (Lipinski definition) is 1. The molecule has 2 aromatic heterocycles. The average Bonchev–Trinajstić information content (AvgIpc) is 3.23. The van der Waals surface area contributed by atoms with Crippen molar-refractivity contribution < 1.29 is 14.3 Å². The molecule has 1 amide bonds. The van der Waals surface area contributed by atoms with Crippen LogP contribution in [0.3, 0.4) is 0 Å². The summed E-state index contributed by atoms with van der Waals surface area (Å²) in [5.74, 6) is -0.287. The molecular formula is C20H19N5O3S2. The van der Waals surface area contributed by atoms with Gasteiger partial charge in [-0.05, 0) is 12.5 Å². The van der Waals surface area contributed by atoms with Gasteiger partial charge in [-0.2, -0.15) is 0 Å². The molecule has 1 atom stereocenters. The van der Waals surface area contributed by atoms with Crippen LogP contribution in [0.4, 0.5) is 5.13 Å². The number of rotatable bonds is 6. The number of thioether (sulfide) groups is 1. The number of nitrogens with zero attached hydrogens (tertiary/aromatic N) is 4. The fourth-order valence-corrected chi connectivity index (χ4v) is 4.81. The number of amides is 1. The third-order valence-electron chi connectivity index (χ3n) is 4.79. The number of fused-ring (bicyclic) bond motifs is 3. The maximum absolute atomic E-state index is 12.3. The zero-order chi connectivity index (χ0) is 21.3. The Morgan fingerprint density at radius 1 is 1.23 bits per heavy atom. The Balaban J connectivity index is 1.38. The highest BCUT2D eigenvalue weighted by Gasteiger charge is 2.29. The van der Waals surface area contributed by atoms with E-state index in [2.05, 4.69) is 43.2 Å². The van der Waals surface area contributed by atoms with E-state index < -0.39 is 0 Å². The van der Waals surface area contributed by atoms with Crippen molar-refractivity contribution in [2.75, 3.05) is 18.2 Å². The molecule has 8 nitrogen and oxygen atoms in total. The van der Waals surface area contributed by atoms with Crippen molar-refractivity contribution in [1.82, 2.24) is 20.2 Å². The number of methoxy groups -OCH3 is 1. The van der Waals surface area contributed by atoms with E-state index in [9.17, 15) is 9.59 Å². The molecule has 3 aromatic rings. The van der Waals surface area contributed by atoms with Crippen molar-refractivity contribution in [3.05, 3.63) is 46.1 Å². The van der Waals surface area contributed by atoms with Crippen LogP contribution in [0.5, 0.6) is 0 Å². The fraction of sp³-hybridized carbons (Fsp3) is 0.300. The number of esters is 1. The van der Waals surface area contributed by atoms with Gasteiger partial charge in [0.05, 0.1) is 30.7 Å². The van der Waals surface area contributed by atoms with Gasteiger partial charge in [0.2, 0.25) is 11.1 Å². The van der Waals surface area contributed by atoms with Crippen molar-refractivity contribution in [3.63, 3.8) is 0 Å². The van der Waals surface area contributed by atoms with Gasteiger partial charge in [0.1, 0.15) is 5.69 Å². The van der Waals surface area contributed by atoms with Crippen molar-refractivity contribution >= 4 is 40.1 Å². The van der Waals surface area contributed by atoms with Crippen molar-refractivity contribution in [2.45, 2.75) is 31.3 Å². The molecule has 0 radical (unpaired) electrons. The lowest BCUT2D eigenvalue weighted by Crippen LogP contribution is -2.14. The Kier molecular flexibility index (Phi) is 5.78. The summed E-state index contributed by atoms with van der Waals surface area (Å²) in [6.45, 7) is 3.89. The minimum Gasteiger partial charge on any atom is -0.469 e. The van der Waals surface area contributed by atoms with Crippen molar-refractivity contribution in [1.29, 1.82) is 0 Å². The first-order valence-electron chi connectivity index (χ1n) is 9.26. The van der Waals surface area contributed by atoms with Crippen LogP contribution < -0.4 is 5.32 Å². The molecule has 0 saturated carbocycles. The second kappa shape index (κ2) is 8.49. The van der Waals surface area contributed by atoms with Gasteiger partial charge in [0.25, 0.3) is 0 Å². The number of anilines is 1. The average molecular weight is 442 g/mol. The number of thiazole rings is 1. The zero-order valence-electron chi connectivity index (χ0n) is 16.6. The number of ether oxygens (including phenoxy) is 1. The molecule has 2 heterocycles. The molecule has 10 heteroatoms. The maximum atomic E-state index is 12.3. The summed E-state index contributed by atoms with van der Waals surface area (Å²) in [5.41, 5.74) is 4.65. The smallest absolute Gasteiger partial charge is 0.310 e. The lowest BCUT2D eigenvalue weighted by Gasteiger charge is -2.05. The molecule has 0 unspecified atom stereocenters. The third kappa shape index (κ3) is 4.05. The standard InChI is InChI=1S/C20H19N5O3S2/c1-10-12-6-4-5-7-13(12)18-17(10)23-20(25-24-18)29-9-15(26)22-19-21-11(2)14(30-19)8-16(27)28-3/h4-7,10H,8-9H2,1-3H3,(H,21,22,26)/t10-/m1/s1. The summed E-state index contributed by atoms with van der Waals surface area (Å²) in [5, 5.41) is 12.2. The molecule has 30 heavy (non-hydrogen) atoms. The predicted octanol–water partition coefficient (Wildman–Crippen LogP) is 3.22. The SMILES string of the molecule is COC(=O)Cc1sc(NC(=O)CSc2nnc3c(n2)[C@H](C)c2ccccc2-3)nc1C. The second-order valence-corrected chi connectivity index (χ2v) is 8.78. The van der Waals surface area contributed by atoms with Crippen LogP contribution in [0.25, 0.3) is 11.3 Å². The topological polar surface area (TPSA) is 107 Å². The van der Waals surface area contributed by atoms with Gasteiger partial charge >= 0.3 is 5.97 Å². The monoisotopic (exact) mass is 441 g/mol. The highest BCUT2D eigenvalue weighted by Crippen LogP contribution is 2.42. The summed E-state index contributed by atoms with van der Waals surface area (Å²) >= 11 is 2.49. The van der Waals surface area contributed by atoms with E-state index in [1.165, 1.54) is 35.8 Å². The lowest BCUT2D eigenvalue weighted by atomic mass is 10.0. The van der Waals surface area contributed by atoms with E-state index in [1.54, 1.807) is 6.92 Å². The van der Waals surface area contributed by atoms with E-state index in [0.717, 1.165) is 21.8 Å². The van der Waals surface area contributed by atoms with Crippen LogP contribution in [0.1, 0.15) is 34.7 Å². The Labute approximate surface area is 181 Å². The van der Waals surface area contributed by atoms with Crippen LogP contribution in [-0.4, -0.2) is 44.9 Å². The minimum atomic E-state index is -0.340. The van der Waals surface area contributed by atoms with E-state index in [1.807, 2.05) is 18.2 Å². The summed E-state index contributed by atoms with van der Waals surface area (Å²) in [4.78, 5) is 33.5. The first-order valence-corrected chi connectivity index (χ1v) is 11.1. The second-order valence-electron chi connectivity index (χ2n) is 6.75. The van der Waals surface area contributed by atoms with Crippen LogP contribution in [0, 0.1) is 6.92 Å². The molecule has 0 aliphatic heterocycles. The largest absolute Gasteiger partial charge is 0.469 e. The zero-order valence-corrected chi connectivity index (χ0v) is 18.3. The summed E-state index contributed by atoms with van der Waals surface area (Å²) in [6, 6.07) is 8.09. The van der Waals surface area contributed by atoms with E-state index >= 15 is 0 Å². The van der Waals surface area contributed by atoms with Gasteiger partial charge in [-0.3, -0.25) is 9.59 Å². The number of aryl methyl sites for hydroxylation is 1. The van der Waals surface area contributed by atoms with Gasteiger partial charge < -0.3 is 10.1 Å². The predicted molar refractivity (Wildman–Crippen MR) is 115 cm³/mol. The highest BCUT2D eigenvalue weighted by atomic mass is 32.2. The molecule has 0 spiro atoms. The van der Waals surface area contributed by atoms with E-state index in [4.69, 9.17) is 0 Å². The maximum Gasteiger partial charge on any atom is 0.310 e. The van der Waals surface area contributed by atoms with Gasteiger partial charge in [0, 0.05) is 16.4 Å². The Bertz CT molecular complexity index is 1130. The number of hydrogen-bond acceptors (Lipinski definition) is 9. The van der Waals surface area contributed by atoms with Crippen LogP contribution >= 0.6 is 23.1 Å².